The van der Waals surface area contributed by atoms with Gasteiger partial charge in [0.2, 0.25) is 5.69 Å². The molecule has 3 aromatic rings. The van der Waals surface area contributed by atoms with Crippen LogP contribution >= 0.6 is 23.2 Å². The van der Waals surface area contributed by atoms with Gasteiger partial charge < -0.3 is 8.92 Å². The van der Waals surface area contributed by atoms with Crippen LogP contribution in [0, 0.1) is 5.82 Å². The van der Waals surface area contributed by atoms with Crippen LogP contribution in [-0.4, -0.2) is 30.8 Å². The molecular weight excluding hydrogens is 474 g/mol. The highest BCUT2D eigenvalue weighted by Gasteiger charge is 2.26. The Bertz CT molecular complexity index is 1310. The van der Waals surface area contributed by atoms with E-state index in [1.165, 1.54) is 25.1 Å². The summed E-state index contributed by atoms with van der Waals surface area (Å²) in [4.78, 5) is 24.5. The number of halogens is 3. The van der Waals surface area contributed by atoms with Crippen molar-refractivity contribution in [2.24, 2.45) is 0 Å². The zero-order valence-electron chi connectivity index (χ0n) is 15.7. The molecule has 1 heterocycles. The number of nitrogens with zero attached hydrogens (tertiary/aromatic N) is 2. The maximum Gasteiger partial charge on any atom is 0.362 e. The molecule has 8 nitrogen and oxygen atoms in total. The molecule has 31 heavy (non-hydrogen) atoms. The molecule has 0 aliphatic rings. The molecule has 0 unspecified atom stereocenters. The Balaban J connectivity index is 2.11. The number of ether oxygens (including phenoxy) is 1. The number of carbonyl (C=O) groups excluding carboxylic acids is 1. The molecule has 0 saturated heterocycles. The topological polar surface area (TPSA) is 105 Å². The fourth-order valence-corrected chi connectivity index (χ4v) is 3.73. The Labute approximate surface area is 185 Å². The smallest absolute Gasteiger partial charge is 0.362 e. The highest BCUT2D eigenvalue weighted by molar-refractivity contribution is 7.87. The minimum atomic E-state index is -4.51. The van der Waals surface area contributed by atoms with Crippen molar-refractivity contribution in [3.63, 3.8) is 0 Å². The van der Waals surface area contributed by atoms with Gasteiger partial charge in [0.1, 0.15) is 10.7 Å². The monoisotopic (exact) mass is 486 g/mol. The third-order valence-corrected chi connectivity index (χ3v) is 5.79. The van der Waals surface area contributed by atoms with E-state index in [1.54, 1.807) is 0 Å². The van der Waals surface area contributed by atoms with Crippen LogP contribution in [0.4, 0.5) is 4.39 Å². The van der Waals surface area contributed by atoms with Crippen molar-refractivity contribution in [3.05, 3.63) is 80.4 Å². The van der Waals surface area contributed by atoms with Crippen molar-refractivity contribution in [1.29, 1.82) is 0 Å². The molecule has 0 radical (unpaired) electrons. The lowest BCUT2D eigenvalue weighted by molar-refractivity contribution is 0.0515. The Hall–Kier alpha value is -2.95. The van der Waals surface area contributed by atoms with E-state index in [1.807, 2.05) is 0 Å². The maximum absolute atomic E-state index is 13.2. The summed E-state index contributed by atoms with van der Waals surface area (Å²) in [6, 6.07) is 8.89. The molecular formula is C19H13Cl2FN2O6S. The van der Waals surface area contributed by atoms with Gasteiger partial charge in [-0.15, -0.1) is 0 Å². The highest BCUT2D eigenvalue weighted by Crippen LogP contribution is 2.27. The first-order chi connectivity index (χ1) is 14.6. The number of esters is 1. The number of carbonyl (C=O) groups is 1. The lowest BCUT2D eigenvalue weighted by Crippen LogP contribution is -2.26. The highest BCUT2D eigenvalue weighted by atomic mass is 35.5. The van der Waals surface area contributed by atoms with Crippen molar-refractivity contribution in [2.45, 2.75) is 11.8 Å². The molecule has 2 aromatic carbocycles. The Kier molecular flexibility index (Phi) is 6.63. The van der Waals surface area contributed by atoms with Crippen molar-refractivity contribution < 1.29 is 26.5 Å². The summed E-state index contributed by atoms with van der Waals surface area (Å²) in [5.74, 6) is -2.22. The van der Waals surface area contributed by atoms with Gasteiger partial charge >= 0.3 is 16.1 Å². The van der Waals surface area contributed by atoms with Gasteiger partial charge in [-0.1, -0.05) is 23.2 Å². The van der Waals surface area contributed by atoms with Crippen molar-refractivity contribution >= 4 is 39.3 Å². The molecule has 0 atom stereocenters. The Morgan fingerprint density at radius 2 is 1.77 bits per heavy atom. The van der Waals surface area contributed by atoms with E-state index in [9.17, 15) is 22.4 Å². The molecule has 0 saturated carbocycles. The summed E-state index contributed by atoms with van der Waals surface area (Å²) >= 11 is 11.6. The van der Waals surface area contributed by atoms with Crippen molar-refractivity contribution in [2.75, 3.05) is 6.61 Å². The third kappa shape index (κ3) is 5.04. The lowest BCUT2D eigenvalue weighted by Gasteiger charge is -2.13. The van der Waals surface area contributed by atoms with Gasteiger partial charge in [-0.2, -0.15) is 18.2 Å². The van der Waals surface area contributed by atoms with Crippen molar-refractivity contribution in [1.82, 2.24) is 9.78 Å². The van der Waals surface area contributed by atoms with E-state index >= 15 is 0 Å². The molecule has 0 fully saturated rings. The van der Waals surface area contributed by atoms with Crippen molar-refractivity contribution in [3.8, 4) is 11.4 Å². The first kappa shape index (κ1) is 22.7. The predicted molar refractivity (Wildman–Crippen MR) is 110 cm³/mol. The quantitative estimate of drug-likeness (QED) is 0.386. The second-order valence-corrected chi connectivity index (χ2v) is 8.28. The number of benzene rings is 2. The minimum absolute atomic E-state index is 0.0400. The molecule has 0 amide bonds. The summed E-state index contributed by atoms with van der Waals surface area (Å²) in [6.07, 6.45) is 0. The molecule has 3 rings (SSSR count). The molecule has 162 valence electrons. The average molecular weight is 487 g/mol. The fourth-order valence-electron chi connectivity index (χ4n) is 2.41. The Morgan fingerprint density at radius 1 is 1.10 bits per heavy atom. The minimum Gasteiger partial charge on any atom is -0.461 e. The summed E-state index contributed by atoms with van der Waals surface area (Å²) < 4.78 is 49.2. The SMILES string of the molecule is CCOC(=O)c1nn(-c2ccc(F)cc2)c(=O)cc1OS(=O)(=O)c1ccc(Cl)c(Cl)c1. The van der Waals surface area contributed by atoms with E-state index in [4.69, 9.17) is 32.1 Å². The average Bonchev–Trinajstić information content (AvgIpc) is 2.71. The Morgan fingerprint density at radius 3 is 2.39 bits per heavy atom. The van der Waals surface area contributed by atoms with Gasteiger partial charge in [0.25, 0.3) is 5.56 Å². The molecule has 0 aliphatic heterocycles. The van der Waals surface area contributed by atoms with E-state index in [0.29, 0.717) is 0 Å². The second-order valence-electron chi connectivity index (χ2n) is 5.92. The number of hydrogen-bond acceptors (Lipinski definition) is 7. The first-order valence-corrected chi connectivity index (χ1v) is 10.8. The van der Waals surface area contributed by atoms with Gasteiger partial charge in [-0.25, -0.2) is 9.18 Å². The van der Waals surface area contributed by atoms with Gasteiger partial charge in [0.15, 0.2) is 5.75 Å². The van der Waals surface area contributed by atoms with Crippen LogP contribution < -0.4 is 9.74 Å². The van der Waals surface area contributed by atoms with E-state index in [2.05, 4.69) is 5.10 Å². The molecule has 0 aliphatic carbocycles. The summed E-state index contributed by atoms with van der Waals surface area (Å²) in [7, 11) is -4.51. The predicted octanol–water partition coefficient (Wildman–Crippen LogP) is 3.62. The van der Waals surface area contributed by atoms with Crippen LogP contribution in [0.3, 0.4) is 0 Å². The normalized spacial score (nSPS) is 11.2. The molecule has 0 bridgehead atoms. The van der Waals surface area contributed by atoms with Gasteiger partial charge in [0.05, 0.1) is 28.4 Å². The van der Waals surface area contributed by atoms with Crippen LogP contribution in [0.2, 0.25) is 10.0 Å². The van der Waals surface area contributed by atoms with E-state index in [0.717, 1.165) is 35.0 Å². The molecule has 0 N–H and O–H groups in total. The first-order valence-electron chi connectivity index (χ1n) is 8.59. The largest absolute Gasteiger partial charge is 0.461 e. The summed E-state index contributed by atoms with van der Waals surface area (Å²) in [5.41, 5.74) is -1.27. The molecule has 12 heteroatoms. The van der Waals surface area contributed by atoms with Gasteiger partial charge in [-0.05, 0) is 49.4 Å². The van der Waals surface area contributed by atoms with Crippen LogP contribution in [0.25, 0.3) is 5.69 Å². The molecule has 1 aromatic heterocycles. The van der Waals surface area contributed by atoms with E-state index in [-0.39, 0.29) is 27.2 Å². The zero-order chi connectivity index (χ0) is 22.8. The standard InChI is InChI=1S/C19H13Cl2FN2O6S/c1-2-29-19(26)18-16(30-31(27,28)13-7-8-14(20)15(21)9-13)10-17(25)24(23-18)12-5-3-11(22)4-6-12/h3-10H,2H2,1H3. The van der Waals surface area contributed by atoms with Crippen LogP contribution in [0.1, 0.15) is 17.4 Å². The number of hydrogen-bond donors (Lipinski definition) is 0. The van der Waals surface area contributed by atoms with Crippen LogP contribution in [0.5, 0.6) is 5.75 Å². The fraction of sp³-hybridized carbons (Fsp3) is 0.105. The lowest BCUT2D eigenvalue weighted by atomic mass is 10.3. The van der Waals surface area contributed by atoms with Gasteiger partial charge in [-0.3, -0.25) is 4.79 Å². The number of aromatic nitrogens is 2. The van der Waals surface area contributed by atoms with Crippen LogP contribution in [-0.2, 0) is 14.9 Å². The summed E-state index contributed by atoms with van der Waals surface area (Å²) in [5, 5.41) is 3.95. The van der Waals surface area contributed by atoms with E-state index < -0.39 is 38.9 Å². The second kappa shape index (κ2) is 9.04. The van der Waals surface area contributed by atoms with Crippen LogP contribution in [0.15, 0.2) is 58.2 Å². The third-order valence-electron chi connectivity index (χ3n) is 3.82. The maximum atomic E-state index is 13.2. The zero-order valence-corrected chi connectivity index (χ0v) is 18.0. The van der Waals surface area contributed by atoms with Gasteiger partial charge in [0, 0.05) is 0 Å². The molecule has 0 spiro atoms. The number of rotatable bonds is 6. The summed E-state index contributed by atoms with van der Waals surface area (Å²) in [6.45, 7) is 1.48.